The average molecular weight is 278 g/mol. The van der Waals surface area contributed by atoms with Gasteiger partial charge in [0.15, 0.2) is 6.17 Å². The molecule has 1 aromatic heterocycles. The van der Waals surface area contributed by atoms with Gasteiger partial charge in [0.05, 0.1) is 17.6 Å². The largest absolute Gasteiger partial charge is 0.341 e. The van der Waals surface area contributed by atoms with Crippen LogP contribution in [-0.2, 0) is 23.1 Å². The molecule has 108 valence electrons. The Labute approximate surface area is 116 Å². The van der Waals surface area contributed by atoms with Crippen LogP contribution in [0.5, 0.6) is 0 Å². The number of aromatic nitrogens is 2. The van der Waals surface area contributed by atoms with Gasteiger partial charge in [-0.15, -0.1) is 0 Å². The molecule has 2 rings (SSSR count). The lowest BCUT2D eigenvalue weighted by atomic mass is 10.1. The van der Waals surface area contributed by atoms with Gasteiger partial charge in [-0.05, 0) is 19.6 Å². The summed E-state index contributed by atoms with van der Waals surface area (Å²) in [5.41, 5.74) is 7.19. The minimum atomic E-state index is -1.06. The molecule has 0 radical (unpaired) electrons. The Hall–Kier alpha value is -2.22. The molecule has 1 aliphatic rings. The number of carbonyl (C=O) groups is 2. The first-order chi connectivity index (χ1) is 9.45. The van der Waals surface area contributed by atoms with Gasteiger partial charge in [0.2, 0.25) is 5.91 Å². The Morgan fingerprint density at radius 2 is 2.35 bits per heavy atom. The molecule has 0 saturated carbocycles. The second kappa shape index (κ2) is 5.41. The molecule has 2 amide bonds. The van der Waals surface area contributed by atoms with Crippen molar-refractivity contribution in [3.05, 3.63) is 11.9 Å². The van der Waals surface area contributed by atoms with Crippen molar-refractivity contribution in [1.29, 1.82) is 0 Å². The Balaban J connectivity index is 2.18. The van der Waals surface area contributed by atoms with Crippen LogP contribution in [0.2, 0.25) is 0 Å². The standard InChI is InChI=1S/C12H18N6O2/c1-14-10(13)11(19)16-7-4-5-8-9(6-15-18(8)3)17(2)12(7)20/h6-7,10H,1,4-5,13H2,2-3H3,(H,16,19)/t7-,10?/m0/s1. The van der Waals surface area contributed by atoms with Crippen LogP contribution < -0.4 is 16.0 Å². The second-order valence-corrected chi connectivity index (χ2v) is 4.72. The molecule has 1 aromatic rings. The molecule has 2 heterocycles. The Morgan fingerprint density at radius 3 is 3.00 bits per heavy atom. The monoisotopic (exact) mass is 278 g/mol. The zero-order valence-electron chi connectivity index (χ0n) is 11.5. The summed E-state index contributed by atoms with van der Waals surface area (Å²) in [4.78, 5) is 29.0. The van der Waals surface area contributed by atoms with Crippen molar-refractivity contribution in [2.24, 2.45) is 17.8 Å². The first-order valence-corrected chi connectivity index (χ1v) is 6.26. The van der Waals surface area contributed by atoms with Gasteiger partial charge in [-0.3, -0.25) is 19.3 Å². The summed E-state index contributed by atoms with van der Waals surface area (Å²) in [6.07, 6.45) is 1.73. The number of anilines is 1. The molecular formula is C12H18N6O2. The molecule has 3 N–H and O–H groups in total. The van der Waals surface area contributed by atoms with E-state index in [4.69, 9.17) is 5.73 Å². The molecule has 0 bridgehead atoms. The van der Waals surface area contributed by atoms with Crippen molar-refractivity contribution < 1.29 is 9.59 Å². The van der Waals surface area contributed by atoms with E-state index in [1.165, 1.54) is 4.90 Å². The molecule has 8 nitrogen and oxygen atoms in total. The molecular weight excluding hydrogens is 260 g/mol. The minimum absolute atomic E-state index is 0.193. The Bertz CT molecular complexity index is 552. The zero-order chi connectivity index (χ0) is 14.9. The van der Waals surface area contributed by atoms with Crippen molar-refractivity contribution in [3.63, 3.8) is 0 Å². The molecule has 0 fully saturated rings. The molecule has 0 aliphatic carbocycles. The summed E-state index contributed by atoms with van der Waals surface area (Å²) < 4.78 is 1.74. The molecule has 1 aliphatic heterocycles. The summed E-state index contributed by atoms with van der Waals surface area (Å²) in [7, 11) is 3.49. The average Bonchev–Trinajstić information content (AvgIpc) is 2.76. The van der Waals surface area contributed by atoms with Crippen molar-refractivity contribution >= 4 is 24.2 Å². The highest BCUT2D eigenvalue weighted by Gasteiger charge is 2.31. The predicted molar refractivity (Wildman–Crippen MR) is 74.4 cm³/mol. The van der Waals surface area contributed by atoms with Gasteiger partial charge < -0.3 is 16.0 Å². The van der Waals surface area contributed by atoms with Crippen LogP contribution >= 0.6 is 0 Å². The van der Waals surface area contributed by atoms with Crippen LogP contribution in [0.25, 0.3) is 0 Å². The summed E-state index contributed by atoms with van der Waals surface area (Å²) in [6, 6.07) is -0.618. The number of likely N-dealkylation sites (N-methyl/N-ethyl adjacent to an activating group) is 1. The van der Waals surface area contributed by atoms with Crippen molar-refractivity contribution in [2.75, 3.05) is 11.9 Å². The van der Waals surface area contributed by atoms with Gasteiger partial charge in [-0.1, -0.05) is 0 Å². The molecule has 8 heteroatoms. The summed E-state index contributed by atoms with van der Waals surface area (Å²) in [6.45, 7) is 3.22. The van der Waals surface area contributed by atoms with E-state index in [0.717, 1.165) is 11.4 Å². The first-order valence-electron chi connectivity index (χ1n) is 6.26. The van der Waals surface area contributed by atoms with Crippen LogP contribution in [0.3, 0.4) is 0 Å². The zero-order valence-corrected chi connectivity index (χ0v) is 11.5. The Morgan fingerprint density at radius 1 is 1.65 bits per heavy atom. The molecule has 0 saturated heterocycles. The molecule has 20 heavy (non-hydrogen) atoms. The third-order valence-electron chi connectivity index (χ3n) is 3.48. The van der Waals surface area contributed by atoms with Crippen molar-refractivity contribution in [2.45, 2.75) is 25.0 Å². The highest BCUT2D eigenvalue weighted by atomic mass is 16.2. The summed E-state index contributed by atoms with van der Waals surface area (Å²) in [5, 5.41) is 6.76. The van der Waals surface area contributed by atoms with Gasteiger partial charge in [-0.25, -0.2) is 0 Å². The fourth-order valence-corrected chi connectivity index (χ4v) is 2.25. The third-order valence-corrected chi connectivity index (χ3v) is 3.48. The van der Waals surface area contributed by atoms with E-state index >= 15 is 0 Å². The highest BCUT2D eigenvalue weighted by Crippen LogP contribution is 2.25. The quantitative estimate of drug-likeness (QED) is 0.677. The van der Waals surface area contributed by atoms with Gasteiger partial charge in [0.1, 0.15) is 6.04 Å². The third kappa shape index (κ3) is 2.42. The fraction of sp³-hybridized carbons (Fsp3) is 0.500. The van der Waals surface area contributed by atoms with E-state index in [1.54, 1.807) is 17.9 Å². The summed E-state index contributed by atoms with van der Waals surface area (Å²) in [5.74, 6) is -0.697. The van der Waals surface area contributed by atoms with Crippen molar-refractivity contribution in [3.8, 4) is 0 Å². The lowest BCUT2D eigenvalue weighted by Gasteiger charge is -2.21. The number of aryl methyl sites for hydroxylation is 1. The lowest BCUT2D eigenvalue weighted by Crippen LogP contribution is -2.51. The van der Waals surface area contributed by atoms with E-state index in [-0.39, 0.29) is 5.91 Å². The number of carbonyl (C=O) groups excluding carboxylic acids is 2. The van der Waals surface area contributed by atoms with E-state index in [2.05, 4.69) is 22.1 Å². The Kier molecular flexibility index (Phi) is 3.84. The van der Waals surface area contributed by atoms with E-state index in [1.807, 2.05) is 7.05 Å². The first kappa shape index (κ1) is 14.2. The van der Waals surface area contributed by atoms with Crippen LogP contribution in [0.1, 0.15) is 12.1 Å². The number of nitrogens with zero attached hydrogens (tertiary/aromatic N) is 4. The van der Waals surface area contributed by atoms with Gasteiger partial charge in [0.25, 0.3) is 5.91 Å². The highest BCUT2D eigenvalue weighted by molar-refractivity contribution is 6.00. The second-order valence-electron chi connectivity index (χ2n) is 4.72. The normalized spacial score (nSPS) is 20.1. The van der Waals surface area contributed by atoms with E-state index < -0.39 is 18.1 Å². The molecule has 1 unspecified atom stereocenters. The lowest BCUT2D eigenvalue weighted by molar-refractivity contribution is -0.128. The number of fused-ring (bicyclic) bond motifs is 1. The van der Waals surface area contributed by atoms with Crippen molar-refractivity contribution in [1.82, 2.24) is 15.1 Å². The maximum absolute atomic E-state index is 12.4. The van der Waals surface area contributed by atoms with E-state index in [0.29, 0.717) is 12.8 Å². The number of nitrogens with two attached hydrogens (primary N) is 1. The van der Waals surface area contributed by atoms with Crippen LogP contribution in [0, 0.1) is 0 Å². The van der Waals surface area contributed by atoms with Gasteiger partial charge >= 0.3 is 0 Å². The number of hydrogen-bond acceptors (Lipinski definition) is 5. The maximum Gasteiger partial charge on any atom is 0.259 e. The fourth-order valence-electron chi connectivity index (χ4n) is 2.25. The predicted octanol–water partition coefficient (Wildman–Crippen LogP) is -1.20. The minimum Gasteiger partial charge on any atom is -0.341 e. The topological polar surface area (TPSA) is 106 Å². The van der Waals surface area contributed by atoms with Gasteiger partial charge in [-0.2, -0.15) is 5.10 Å². The molecule has 0 spiro atoms. The molecule has 2 atom stereocenters. The molecule has 0 aromatic carbocycles. The maximum atomic E-state index is 12.4. The van der Waals surface area contributed by atoms with E-state index in [9.17, 15) is 9.59 Å². The SMILES string of the molecule is C=NC(N)C(=O)N[C@H]1CCc2c(cnn2C)N(C)C1=O. The number of aliphatic imine (C=N–C) groups is 1. The number of nitrogens with one attached hydrogen (secondary N) is 1. The summed E-state index contributed by atoms with van der Waals surface area (Å²) >= 11 is 0. The number of amides is 2. The number of rotatable bonds is 3. The smallest absolute Gasteiger partial charge is 0.259 e. The number of hydrogen-bond donors (Lipinski definition) is 2. The van der Waals surface area contributed by atoms with Crippen LogP contribution in [-0.4, -0.2) is 47.6 Å². The van der Waals surface area contributed by atoms with Crippen LogP contribution in [0.15, 0.2) is 11.2 Å². The van der Waals surface area contributed by atoms with Crippen LogP contribution in [0.4, 0.5) is 5.69 Å². The van der Waals surface area contributed by atoms with Gasteiger partial charge in [0, 0.05) is 14.1 Å².